The summed E-state index contributed by atoms with van der Waals surface area (Å²) in [6.45, 7) is 2.60. The van der Waals surface area contributed by atoms with Crippen LogP contribution in [-0.4, -0.2) is 45.9 Å². The van der Waals surface area contributed by atoms with Crippen LogP contribution in [0.25, 0.3) is 0 Å². The normalized spacial score (nSPS) is 14.7. The van der Waals surface area contributed by atoms with Crippen molar-refractivity contribution in [2.24, 2.45) is 0 Å². The van der Waals surface area contributed by atoms with E-state index in [-0.39, 0.29) is 12.1 Å². The molecule has 3 aromatic carbocycles. The van der Waals surface area contributed by atoms with Gasteiger partial charge in [-0.15, -0.1) is 0 Å². The third kappa shape index (κ3) is 5.14. The molecule has 1 aliphatic heterocycles. The quantitative estimate of drug-likeness (QED) is 0.494. The number of methoxy groups -OCH3 is 4. The van der Waals surface area contributed by atoms with E-state index in [2.05, 4.69) is 5.32 Å². The molecule has 1 N–H and O–H groups in total. The Morgan fingerprint density at radius 2 is 1.49 bits per heavy atom. The van der Waals surface area contributed by atoms with E-state index in [4.69, 9.17) is 18.9 Å². The molecule has 7 heteroatoms. The second-order valence-electron chi connectivity index (χ2n) is 8.55. The van der Waals surface area contributed by atoms with Gasteiger partial charge in [0.15, 0.2) is 23.0 Å². The summed E-state index contributed by atoms with van der Waals surface area (Å²) >= 11 is 0. The molecule has 0 radical (unpaired) electrons. The number of aryl methyl sites for hydroxylation is 1. The monoisotopic (exact) mass is 476 g/mol. The van der Waals surface area contributed by atoms with Gasteiger partial charge in [0.1, 0.15) is 0 Å². The maximum Gasteiger partial charge on any atom is 0.322 e. The van der Waals surface area contributed by atoms with Crippen molar-refractivity contribution in [2.75, 3.05) is 40.3 Å². The number of hydrogen-bond donors (Lipinski definition) is 1. The number of fused-ring (bicyclic) bond motifs is 1. The Morgan fingerprint density at radius 3 is 2.14 bits per heavy atom. The van der Waals surface area contributed by atoms with Gasteiger partial charge in [-0.2, -0.15) is 0 Å². The molecule has 0 fully saturated rings. The number of nitrogens with one attached hydrogen (secondary N) is 1. The van der Waals surface area contributed by atoms with Crippen molar-refractivity contribution < 1.29 is 23.7 Å². The molecule has 1 heterocycles. The van der Waals surface area contributed by atoms with Crippen molar-refractivity contribution in [3.8, 4) is 23.0 Å². The van der Waals surface area contributed by atoms with Gasteiger partial charge in [0.2, 0.25) is 0 Å². The van der Waals surface area contributed by atoms with Crippen LogP contribution >= 0.6 is 0 Å². The van der Waals surface area contributed by atoms with Crippen LogP contribution in [-0.2, 0) is 12.8 Å². The highest BCUT2D eigenvalue weighted by atomic mass is 16.5. The molecule has 1 atom stereocenters. The standard InChI is InChI=1S/C28H32N2O5/c1-18-6-9-21(10-7-18)29-28(31)30-13-12-20-16-26(34-4)27(35-5)17-22(20)23(30)14-19-8-11-24(32-2)25(15-19)33-3/h6-11,15-17,23H,12-14H2,1-5H3,(H,29,31)/t23-/m0/s1. The molecule has 0 aromatic heterocycles. The van der Waals surface area contributed by atoms with E-state index in [1.54, 1.807) is 28.4 Å². The molecule has 0 unspecified atom stereocenters. The number of hydrogen-bond acceptors (Lipinski definition) is 5. The van der Waals surface area contributed by atoms with Gasteiger partial charge in [-0.3, -0.25) is 0 Å². The Bertz CT molecular complexity index is 1190. The minimum atomic E-state index is -0.206. The largest absolute Gasteiger partial charge is 0.493 e. The minimum Gasteiger partial charge on any atom is -0.493 e. The van der Waals surface area contributed by atoms with Gasteiger partial charge in [-0.25, -0.2) is 4.79 Å². The molecule has 0 aliphatic carbocycles. The summed E-state index contributed by atoms with van der Waals surface area (Å²) in [5.74, 6) is 2.66. The van der Waals surface area contributed by atoms with E-state index in [9.17, 15) is 4.79 Å². The van der Waals surface area contributed by atoms with Crippen LogP contribution in [0.2, 0.25) is 0 Å². The van der Waals surface area contributed by atoms with Gasteiger partial charge in [0, 0.05) is 12.2 Å². The maximum atomic E-state index is 13.5. The number of amides is 2. The van der Waals surface area contributed by atoms with Gasteiger partial charge in [-0.1, -0.05) is 23.8 Å². The first-order valence-electron chi connectivity index (χ1n) is 11.6. The highest BCUT2D eigenvalue weighted by Gasteiger charge is 2.32. The Labute approximate surface area is 206 Å². The number of urea groups is 1. The molecule has 7 nitrogen and oxygen atoms in total. The van der Waals surface area contributed by atoms with Gasteiger partial charge >= 0.3 is 6.03 Å². The van der Waals surface area contributed by atoms with Gasteiger partial charge < -0.3 is 29.2 Å². The zero-order chi connectivity index (χ0) is 24.9. The highest BCUT2D eigenvalue weighted by Crippen LogP contribution is 2.40. The Hall–Kier alpha value is -3.87. The number of rotatable bonds is 7. The lowest BCUT2D eigenvalue weighted by Crippen LogP contribution is -2.43. The summed E-state index contributed by atoms with van der Waals surface area (Å²) in [5.41, 5.74) is 5.13. The number of ether oxygens (including phenoxy) is 4. The van der Waals surface area contributed by atoms with E-state index in [0.717, 1.165) is 34.4 Å². The fourth-order valence-corrected chi connectivity index (χ4v) is 4.55. The Morgan fingerprint density at radius 1 is 0.857 bits per heavy atom. The first kappa shape index (κ1) is 24.3. The predicted octanol–water partition coefficient (Wildman–Crippen LogP) is 5.40. The number of nitrogens with zero attached hydrogens (tertiary/aromatic N) is 1. The zero-order valence-electron chi connectivity index (χ0n) is 20.9. The van der Waals surface area contributed by atoms with Crippen LogP contribution < -0.4 is 24.3 Å². The molecule has 0 bridgehead atoms. The first-order chi connectivity index (χ1) is 17.0. The molecule has 2 amide bonds. The van der Waals surface area contributed by atoms with E-state index >= 15 is 0 Å². The van der Waals surface area contributed by atoms with Crippen LogP contribution in [0.5, 0.6) is 23.0 Å². The molecule has 0 saturated heterocycles. The van der Waals surface area contributed by atoms with Gasteiger partial charge in [0.25, 0.3) is 0 Å². The zero-order valence-corrected chi connectivity index (χ0v) is 20.9. The second kappa shape index (κ2) is 10.6. The maximum absolute atomic E-state index is 13.5. The predicted molar refractivity (Wildman–Crippen MR) is 136 cm³/mol. The van der Waals surface area contributed by atoms with E-state index in [1.165, 1.54) is 0 Å². The summed E-state index contributed by atoms with van der Waals surface area (Å²) in [6.07, 6.45) is 1.32. The average molecular weight is 477 g/mol. The lowest BCUT2D eigenvalue weighted by atomic mass is 9.88. The Kier molecular flexibility index (Phi) is 7.34. The third-order valence-corrected chi connectivity index (χ3v) is 6.44. The summed E-state index contributed by atoms with van der Waals surface area (Å²) in [4.78, 5) is 15.4. The minimum absolute atomic E-state index is 0.139. The summed E-state index contributed by atoms with van der Waals surface area (Å²) in [7, 11) is 6.50. The smallest absolute Gasteiger partial charge is 0.322 e. The number of anilines is 1. The molecular formula is C28H32N2O5. The lowest BCUT2D eigenvalue weighted by molar-refractivity contribution is 0.181. The highest BCUT2D eigenvalue weighted by molar-refractivity contribution is 5.90. The van der Waals surface area contributed by atoms with Crippen molar-refractivity contribution in [1.82, 2.24) is 4.90 Å². The Balaban J connectivity index is 1.71. The molecule has 35 heavy (non-hydrogen) atoms. The van der Waals surface area contributed by atoms with Crippen LogP contribution in [0, 0.1) is 6.92 Å². The van der Waals surface area contributed by atoms with Crippen molar-refractivity contribution in [3.05, 3.63) is 76.9 Å². The fraction of sp³-hybridized carbons (Fsp3) is 0.321. The van der Waals surface area contributed by atoms with Gasteiger partial charge in [-0.05, 0) is 72.9 Å². The summed E-state index contributed by atoms with van der Waals surface area (Å²) < 4.78 is 22.0. The summed E-state index contributed by atoms with van der Waals surface area (Å²) in [6, 6.07) is 17.3. The fourth-order valence-electron chi connectivity index (χ4n) is 4.55. The average Bonchev–Trinajstić information content (AvgIpc) is 2.89. The molecule has 0 saturated carbocycles. The van der Waals surface area contributed by atoms with Crippen LogP contribution in [0.4, 0.5) is 10.5 Å². The van der Waals surface area contributed by atoms with Gasteiger partial charge in [0.05, 0.1) is 34.5 Å². The topological polar surface area (TPSA) is 69.3 Å². The third-order valence-electron chi connectivity index (χ3n) is 6.44. The molecular weight excluding hydrogens is 444 g/mol. The van der Waals surface area contributed by atoms with Crippen molar-refractivity contribution in [2.45, 2.75) is 25.8 Å². The van der Waals surface area contributed by atoms with Crippen LogP contribution in [0.15, 0.2) is 54.6 Å². The van der Waals surface area contributed by atoms with Crippen molar-refractivity contribution >= 4 is 11.7 Å². The first-order valence-corrected chi connectivity index (χ1v) is 11.6. The van der Waals surface area contributed by atoms with Crippen LogP contribution in [0.3, 0.4) is 0 Å². The summed E-state index contributed by atoms with van der Waals surface area (Å²) in [5, 5.41) is 3.06. The van der Waals surface area contributed by atoms with E-state index < -0.39 is 0 Å². The second-order valence-corrected chi connectivity index (χ2v) is 8.55. The molecule has 184 valence electrons. The van der Waals surface area contributed by atoms with E-state index in [0.29, 0.717) is 36.0 Å². The lowest BCUT2D eigenvalue weighted by Gasteiger charge is -2.38. The SMILES string of the molecule is COc1ccc(C[C@H]2c3cc(OC)c(OC)cc3CCN2C(=O)Nc2ccc(C)cc2)cc1OC. The van der Waals surface area contributed by atoms with Crippen LogP contribution in [0.1, 0.15) is 28.3 Å². The van der Waals surface area contributed by atoms with E-state index in [1.807, 2.05) is 66.4 Å². The number of carbonyl (C=O) groups is 1. The number of carbonyl (C=O) groups excluding carboxylic acids is 1. The van der Waals surface area contributed by atoms with Crippen molar-refractivity contribution in [3.63, 3.8) is 0 Å². The van der Waals surface area contributed by atoms with Crippen molar-refractivity contribution in [1.29, 1.82) is 0 Å². The molecule has 1 aliphatic rings. The molecule has 3 aromatic rings. The molecule has 0 spiro atoms. The molecule has 4 rings (SSSR count). The number of benzene rings is 3.